The highest BCUT2D eigenvalue weighted by atomic mass is 16.5. The number of ether oxygens (including phenoxy) is 1. The number of aliphatic carboxylic acids is 1. The molecule has 0 aliphatic rings. The number of rotatable bonds is 6. The number of carbonyl (C=O) groups is 2. The van der Waals surface area contributed by atoms with E-state index in [0.717, 1.165) is 0 Å². The molecule has 5 heteroatoms. The number of carboxylic acids is 1. The standard InChI is InChI=1S/C9H15NO4/c1-7(2)9(13)14-6-10(3)5-4-8(11)12/h1,4-6H2,2-3H3,(H,11,12). The van der Waals surface area contributed by atoms with Gasteiger partial charge in [0.2, 0.25) is 0 Å². The van der Waals surface area contributed by atoms with Crippen molar-refractivity contribution < 1.29 is 19.4 Å². The zero-order valence-corrected chi connectivity index (χ0v) is 8.45. The van der Waals surface area contributed by atoms with Crippen LogP contribution in [-0.2, 0) is 14.3 Å². The Kier molecular flexibility index (Phi) is 5.55. The highest BCUT2D eigenvalue weighted by Gasteiger charge is 2.06. The van der Waals surface area contributed by atoms with Gasteiger partial charge in [0.25, 0.3) is 0 Å². The lowest BCUT2D eigenvalue weighted by Crippen LogP contribution is -2.26. The molecular formula is C9H15NO4. The van der Waals surface area contributed by atoms with Crippen LogP contribution in [0.1, 0.15) is 13.3 Å². The molecule has 0 aromatic carbocycles. The van der Waals surface area contributed by atoms with Gasteiger partial charge in [-0.2, -0.15) is 0 Å². The van der Waals surface area contributed by atoms with Crippen LogP contribution in [0.25, 0.3) is 0 Å². The maximum atomic E-state index is 10.9. The molecule has 0 aliphatic heterocycles. The summed E-state index contributed by atoms with van der Waals surface area (Å²) < 4.78 is 4.79. The van der Waals surface area contributed by atoms with Crippen molar-refractivity contribution in [3.63, 3.8) is 0 Å². The van der Waals surface area contributed by atoms with Gasteiger partial charge in [0.05, 0.1) is 6.42 Å². The van der Waals surface area contributed by atoms with E-state index in [1.165, 1.54) is 0 Å². The normalized spacial score (nSPS) is 9.93. The molecule has 0 saturated carbocycles. The molecule has 14 heavy (non-hydrogen) atoms. The van der Waals surface area contributed by atoms with Crippen LogP contribution in [0.5, 0.6) is 0 Å². The Morgan fingerprint density at radius 3 is 2.50 bits per heavy atom. The Hall–Kier alpha value is -1.36. The second-order valence-corrected chi connectivity index (χ2v) is 3.06. The van der Waals surface area contributed by atoms with E-state index in [-0.39, 0.29) is 13.2 Å². The molecule has 0 aromatic rings. The molecule has 0 radical (unpaired) electrons. The fraction of sp³-hybridized carbons (Fsp3) is 0.556. The average Bonchev–Trinajstić information content (AvgIpc) is 2.10. The second kappa shape index (κ2) is 6.15. The van der Waals surface area contributed by atoms with Gasteiger partial charge in [-0.25, -0.2) is 4.79 Å². The summed E-state index contributed by atoms with van der Waals surface area (Å²) in [5.41, 5.74) is 0.330. The molecule has 0 heterocycles. The molecule has 0 spiro atoms. The van der Waals surface area contributed by atoms with Gasteiger partial charge in [-0.3, -0.25) is 9.69 Å². The minimum absolute atomic E-state index is 0.0289. The lowest BCUT2D eigenvalue weighted by atomic mass is 10.4. The Bertz CT molecular complexity index is 237. The Balaban J connectivity index is 3.63. The van der Waals surface area contributed by atoms with Crippen molar-refractivity contribution in [1.82, 2.24) is 4.90 Å². The fourth-order valence-corrected chi connectivity index (χ4v) is 0.643. The van der Waals surface area contributed by atoms with Gasteiger partial charge >= 0.3 is 11.9 Å². The molecule has 0 amide bonds. The summed E-state index contributed by atoms with van der Waals surface area (Å²) in [5.74, 6) is -1.34. The average molecular weight is 201 g/mol. The minimum atomic E-state index is -0.872. The monoisotopic (exact) mass is 201 g/mol. The summed E-state index contributed by atoms with van der Waals surface area (Å²) in [6, 6.07) is 0. The molecule has 0 saturated heterocycles. The number of nitrogens with zero attached hydrogens (tertiary/aromatic N) is 1. The van der Waals surface area contributed by atoms with E-state index in [0.29, 0.717) is 12.1 Å². The number of hydrogen-bond acceptors (Lipinski definition) is 4. The quantitative estimate of drug-likeness (QED) is 0.384. The van der Waals surface area contributed by atoms with Crippen LogP contribution in [0, 0.1) is 0 Å². The van der Waals surface area contributed by atoms with E-state index in [9.17, 15) is 9.59 Å². The smallest absolute Gasteiger partial charge is 0.334 e. The maximum Gasteiger partial charge on any atom is 0.334 e. The van der Waals surface area contributed by atoms with Gasteiger partial charge in [-0.15, -0.1) is 0 Å². The van der Waals surface area contributed by atoms with E-state index in [2.05, 4.69) is 6.58 Å². The van der Waals surface area contributed by atoms with Gasteiger partial charge in [-0.1, -0.05) is 6.58 Å². The fourth-order valence-electron chi connectivity index (χ4n) is 0.643. The lowest BCUT2D eigenvalue weighted by Gasteiger charge is -2.15. The topological polar surface area (TPSA) is 66.8 Å². The van der Waals surface area contributed by atoms with Gasteiger partial charge in [0.15, 0.2) is 0 Å². The number of hydrogen-bond donors (Lipinski definition) is 1. The zero-order valence-electron chi connectivity index (χ0n) is 8.45. The molecular weight excluding hydrogens is 186 g/mol. The van der Waals surface area contributed by atoms with E-state index >= 15 is 0 Å². The first-order chi connectivity index (χ1) is 6.43. The van der Waals surface area contributed by atoms with Crippen LogP contribution in [0.15, 0.2) is 12.2 Å². The van der Waals surface area contributed by atoms with Gasteiger partial charge < -0.3 is 9.84 Å². The van der Waals surface area contributed by atoms with Crippen LogP contribution in [0.3, 0.4) is 0 Å². The van der Waals surface area contributed by atoms with E-state index in [1.54, 1.807) is 18.9 Å². The molecule has 0 unspecified atom stereocenters. The summed E-state index contributed by atoms with van der Waals surface area (Å²) >= 11 is 0. The third-order valence-corrected chi connectivity index (χ3v) is 1.47. The molecule has 0 aliphatic carbocycles. The maximum absolute atomic E-state index is 10.9. The van der Waals surface area contributed by atoms with Crippen molar-refractivity contribution >= 4 is 11.9 Å². The first kappa shape index (κ1) is 12.6. The van der Waals surface area contributed by atoms with Crippen molar-refractivity contribution in [2.45, 2.75) is 13.3 Å². The summed E-state index contributed by atoms with van der Waals surface area (Å²) in [6.07, 6.45) is 0.0289. The number of carboxylic acid groups (broad SMARTS) is 1. The van der Waals surface area contributed by atoms with Crippen LogP contribution >= 0.6 is 0 Å². The first-order valence-electron chi connectivity index (χ1n) is 4.16. The Morgan fingerprint density at radius 1 is 1.50 bits per heavy atom. The Labute approximate surface area is 83.0 Å². The molecule has 0 fully saturated rings. The van der Waals surface area contributed by atoms with Crippen molar-refractivity contribution in [1.29, 1.82) is 0 Å². The lowest BCUT2D eigenvalue weighted by molar-refractivity contribution is -0.143. The van der Waals surface area contributed by atoms with Crippen molar-refractivity contribution in [3.8, 4) is 0 Å². The first-order valence-corrected chi connectivity index (χ1v) is 4.16. The predicted octanol–water partition coefficient (Wildman–Crippen LogP) is 0.470. The van der Waals surface area contributed by atoms with Crippen LogP contribution in [0.2, 0.25) is 0 Å². The molecule has 0 atom stereocenters. The van der Waals surface area contributed by atoms with Gasteiger partial charge in [0.1, 0.15) is 6.73 Å². The van der Waals surface area contributed by atoms with Crippen molar-refractivity contribution in [2.24, 2.45) is 0 Å². The van der Waals surface area contributed by atoms with Crippen molar-refractivity contribution in [2.75, 3.05) is 20.3 Å². The summed E-state index contributed by atoms with van der Waals surface area (Å²) in [7, 11) is 1.68. The zero-order chi connectivity index (χ0) is 11.1. The van der Waals surface area contributed by atoms with E-state index < -0.39 is 11.9 Å². The largest absolute Gasteiger partial charge is 0.481 e. The molecule has 0 rings (SSSR count). The van der Waals surface area contributed by atoms with Crippen LogP contribution in [-0.4, -0.2) is 42.3 Å². The second-order valence-electron chi connectivity index (χ2n) is 3.06. The van der Waals surface area contributed by atoms with Gasteiger partial charge in [-0.05, 0) is 14.0 Å². The molecule has 80 valence electrons. The predicted molar refractivity (Wildman–Crippen MR) is 50.7 cm³/mol. The molecule has 0 bridgehead atoms. The van der Waals surface area contributed by atoms with Crippen LogP contribution in [0.4, 0.5) is 0 Å². The number of carbonyl (C=O) groups excluding carboxylic acids is 1. The third kappa shape index (κ3) is 6.19. The van der Waals surface area contributed by atoms with E-state index in [4.69, 9.17) is 9.84 Å². The highest BCUT2D eigenvalue weighted by molar-refractivity contribution is 5.86. The highest BCUT2D eigenvalue weighted by Crippen LogP contribution is 1.94. The van der Waals surface area contributed by atoms with Crippen LogP contribution < -0.4 is 0 Å². The number of esters is 1. The summed E-state index contributed by atoms with van der Waals surface area (Å²) in [4.78, 5) is 22.7. The minimum Gasteiger partial charge on any atom is -0.481 e. The molecule has 5 nitrogen and oxygen atoms in total. The summed E-state index contributed by atoms with van der Waals surface area (Å²) in [5, 5.41) is 8.38. The molecule has 0 aromatic heterocycles. The van der Waals surface area contributed by atoms with Crippen molar-refractivity contribution in [3.05, 3.63) is 12.2 Å². The van der Waals surface area contributed by atoms with E-state index in [1.807, 2.05) is 0 Å². The summed E-state index contributed by atoms with van der Waals surface area (Å²) in [6.45, 7) is 5.40. The Morgan fingerprint density at radius 2 is 2.07 bits per heavy atom. The SMILES string of the molecule is C=C(C)C(=O)OCN(C)CCC(=O)O. The third-order valence-electron chi connectivity index (χ3n) is 1.47. The molecule has 1 N–H and O–H groups in total. The van der Waals surface area contributed by atoms with Gasteiger partial charge in [0, 0.05) is 12.1 Å².